The zero-order valence-corrected chi connectivity index (χ0v) is 13.4. The van der Waals surface area contributed by atoms with Gasteiger partial charge in [-0.3, -0.25) is 0 Å². The molecule has 1 atom stereocenters. The molecule has 21 heavy (non-hydrogen) atoms. The Morgan fingerprint density at radius 2 is 2.19 bits per heavy atom. The van der Waals surface area contributed by atoms with Gasteiger partial charge in [0.1, 0.15) is 11.6 Å². The number of aryl methyl sites for hydroxylation is 1. The normalized spacial score (nSPS) is 12.3. The third kappa shape index (κ3) is 4.55. The van der Waals surface area contributed by atoms with Gasteiger partial charge in [0.2, 0.25) is 0 Å². The molecule has 0 aliphatic heterocycles. The summed E-state index contributed by atoms with van der Waals surface area (Å²) in [7, 11) is 1.63. The number of benzene rings is 1. The van der Waals surface area contributed by atoms with Crippen molar-refractivity contribution in [3.63, 3.8) is 0 Å². The number of ether oxygens (including phenoxy) is 1. The van der Waals surface area contributed by atoms with Crippen LogP contribution in [-0.2, 0) is 6.42 Å². The van der Waals surface area contributed by atoms with Crippen molar-refractivity contribution >= 4 is 11.3 Å². The van der Waals surface area contributed by atoms with Crippen LogP contribution in [0.2, 0.25) is 0 Å². The topological polar surface area (TPSA) is 21.3 Å². The van der Waals surface area contributed by atoms with Crippen molar-refractivity contribution in [2.75, 3.05) is 13.7 Å². The van der Waals surface area contributed by atoms with Gasteiger partial charge < -0.3 is 10.1 Å². The number of thiophene rings is 1. The van der Waals surface area contributed by atoms with E-state index < -0.39 is 0 Å². The van der Waals surface area contributed by atoms with E-state index in [2.05, 4.69) is 29.8 Å². The van der Waals surface area contributed by atoms with Crippen LogP contribution < -0.4 is 10.1 Å². The van der Waals surface area contributed by atoms with Crippen LogP contribution in [0.5, 0.6) is 5.75 Å². The Kier molecular flexibility index (Phi) is 6.21. The Balaban J connectivity index is 2.05. The zero-order valence-electron chi connectivity index (χ0n) is 12.6. The molecule has 0 fully saturated rings. The molecule has 1 unspecified atom stereocenters. The molecule has 0 saturated carbocycles. The molecule has 2 nitrogen and oxygen atoms in total. The van der Waals surface area contributed by atoms with Gasteiger partial charge in [0.05, 0.1) is 7.11 Å². The van der Waals surface area contributed by atoms with Crippen molar-refractivity contribution in [3.8, 4) is 5.75 Å². The first-order valence-corrected chi connectivity index (χ1v) is 8.21. The van der Waals surface area contributed by atoms with Gasteiger partial charge in [-0.2, -0.15) is 0 Å². The maximum atomic E-state index is 13.5. The van der Waals surface area contributed by atoms with Crippen molar-refractivity contribution in [3.05, 3.63) is 52.0 Å². The molecular formula is C17H22FNOS. The number of hydrogen-bond acceptors (Lipinski definition) is 3. The first kappa shape index (κ1) is 16.0. The third-order valence-corrected chi connectivity index (χ3v) is 4.45. The average molecular weight is 307 g/mol. The maximum Gasteiger partial charge on any atom is 0.123 e. The lowest BCUT2D eigenvalue weighted by molar-refractivity contribution is 0.392. The van der Waals surface area contributed by atoms with Gasteiger partial charge >= 0.3 is 0 Å². The van der Waals surface area contributed by atoms with E-state index in [4.69, 9.17) is 4.74 Å². The predicted octanol–water partition coefficient (Wildman–Crippen LogP) is 4.57. The summed E-state index contributed by atoms with van der Waals surface area (Å²) in [6, 6.07) is 9.09. The van der Waals surface area contributed by atoms with Gasteiger partial charge in [-0.05, 0) is 55.5 Å². The average Bonchev–Trinajstić information content (AvgIpc) is 2.99. The highest BCUT2D eigenvalue weighted by atomic mass is 32.1. The monoisotopic (exact) mass is 307 g/mol. The van der Waals surface area contributed by atoms with E-state index in [9.17, 15) is 4.39 Å². The number of hydrogen-bond donors (Lipinski definition) is 1. The summed E-state index contributed by atoms with van der Waals surface area (Å²) in [5.41, 5.74) is 0.908. The highest BCUT2D eigenvalue weighted by Crippen LogP contribution is 2.29. The van der Waals surface area contributed by atoms with E-state index in [1.165, 1.54) is 10.9 Å². The fourth-order valence-electron chi connectivity index (χ4n) is 2.53. The molecule has 0 saturated heterocycles. The van der Waals surface area contributed by atoms with Crippen molar-refractivity contribution in [1.29, 1.82) is 0 Å². The van der Waals surface area contributed by atoms with E-state index in [1.807, 2.05) is 0 Å². The highest BCUT2D eigenvalue weighted by molar-refractivity contribution is 7.09. The van der Waals surface area contributed by atoms with Gasteiger partial charge in [0, 0.05) is 16.5 Å². The first-order chi connectivity index (χ1) is 10.2. The van der Waals surface area contributed by atoms with Crippen LogP contribution in [-0.4, -0.2) is 13.7 Å². The summed E-state index contributed by atoms with van der Waals surface area (Å²) in [5.74, 6) is 0.533. The molecule has 2 aromatic rings. The van der Waals surface area contributed by atoms with E-state index in [1.54, 1.807) is 30.6 Å². The van der Waals surface area contributed by atoms with Gasteiger partial charge in [-0.15, -0.1) is 11.3 Å². The van der Waals surface area contributed by atoms with Crippen LogP contribution in [0.15, 0.2) is 35.7 Å². The van der Waals surface area contributed by atoms with E-state index in [0.29, 0.717) is 0 Å². The number of methoxy groups -OCH3 is 1. The Morgan fingerprint density at radius 3 is 2.86 bits per heavy atom. The minimum atomic E-state index is -0.216. The summed E-state index contributed by atoms with van der Waals surface area (Å²) >= 11 is 1.79. The largest absolute Gasteiger partial charge is 0.496 e. The van der Waals surface area contributed by atoms with Crippen LogP contribution >= 0.6 is 11.3 Å². The Hall–Kier alpha value is -1.39. The highest BCUT2D eigenvalue weighted by Gasteiger charge is 2.16. The quantitative estimate of drug-likeness (QED) is 0.771. The van der Waals surface area contributed by atoms with Gasteiger partial charge in [-0.1, -0.05) is 13.0 Å². The maximum absolute atomic E-state index is 13.5. The molecule has 4 heteroatoms. The number of nitrogens with one attached hydrogen (secondary N) is 1. The van der Waals surface area contributed by atoms with E-state index in [0.717, 1.165) is 37.1 Å². The lowest BCUT2D eigenvalue weighted by Gasteiger charge is -2.20. The zero-order chi connectivity index (χ0) is 15.1. The van der Waals surface area contributed by atoms with Crippen LogP contribution in [0.4, 0.5) is 4.39 Å². The minimum absolute atomic E-state index is 0.126. The molecule has 1 N–H and O–H groups in total. The summed E-state index contributed by atoms with van der Waals surface area (Å²) in [6.45, 7) is 2.92. The molecule has 0 radical (unpaired) electrons. The van der Waals surface area contributed by atoms with E-state index >= 15 is 0 Å². The summed E-state index contributed by atoms with van der Waals surface area (Å²) < 4.78 is 18.9. The minimum Gasteiger partial charge on any atom is -0.496 e. The van der Waals surface area contributed by atoms with Gasteiger partial charge in [0.25, 0.3) is 0 Å². The molecule has 1 aromatic heterocycles. The molecule has 0 bridgehead atoms. The molecule has 0 amide bonds. The van der Waals surface area contributed by atoms with Crippen molar-refractivity contribution in [1.82, 2.24) is 5.32 Å². The van der Waals surface area contributed by atoms with Crippen LogP contribution in [0.1, 0.15) is 36.2 Å². The molecular weight excluding hydrogens is 285 g/mol. The summed E-state index contributed by atoms with van der Waals surface area (Å²) in [6.07, 6.45) is 3.10. The summed E-state index contributed by atoms with van der Waals surface area (Å²) in [5, 5.41) is 5.54. The standard InChI is InChI=1S/C17H22FNOS/c1-3-19-16(8-4-6-14-7-5-11-21-14)15-12-13(18)9-10-17(15)20-2/h5,7,9-12,16,19H,3-4,6,8H2,1-2H3. The van der Waals surface area contributed by atoms with Crippen LogP contribution in [0.3, 0.4) is 0 Å². The summed E-state index contributed by atoms with van der Waals surface area (Å²) in [4.78, 5) is 1.40. The fraction of sp³-hybridized carbons (Fsp3) is 0.412. The Labute approximate surface area is 130 Å². The molecule has 0 spiro atoms. The molecule has 114 valence electrons. The predicted molar refractivity (Wildman–Crippen MR) is 86.6 cm³/mol. The second-order valence-corrected chi connectivity index (χ2v) is 6.00. The lowest BCUT2D eigenvalue weighted by atomic mass is 9.99. The second-order valence-electron chi connectivity index (χ2n) is 4.97. The van der Waals surface area contributed by atoms with Crippen molar-refractivity contribution in [2.24, 2.45) is 0 Å². The van der Waals surface area contributed by atoms with Gasteiger partial charge in [0.15, 0.2) is 0 Å². The molecule has 2 rings (SSSR count). The van der Waals surface area contributed by atoms with Crippen molar-refractivity contribution in [2.45, 2.75) is 32.2 Å². The molecule has 0 aliphatic carbocycles. The first-order valence-electron chi connectivity index (χ1n) is 7.33. The molecule has 1 heterocycles. The van der Waals surface area contributed by atoms with Crippen LogP contribution in [0, 0.1) is 5.82 Å². The second kappa shape index (κ2) is 8.15. The fourth-order valence-corrected chi connectivity index (χ4v) is 3.28. The lowest BCUT2D eigenvalue weighted by Crippen LogP contribution is -2.21. The smallest absolute Gasteiger partial charge is 0.123 e. The van der Waals surface area contributed by atoms with Crippen molar-refractivity contribution < 1.29 is 9.13 Å². The Morgan fingerprint density at radius 1 is 1.33 bits per heavy atom. The van der Waals surface area contributed by atoms with Crippen LogP contribution in [0.25, 0.3) is 0 Å². The molecule has 0 aliphatic rings. The van der Waals surface area contributed by atoms with E-state index in [-0.39, 0.29) is 11.9 Å². The number of rotatable bonds is 8. The third-order valence-electron chi connectivity index (χ3n) is 3.51. The number of halogens is 1. The molecule has 1 aromatic carbocycles. The van der Waals surface area contributed by atoms with Gasteiger partial charge in [-0.25, -0.2) is 4.39 Å². The Bertz CT molecular complexity index is 542. The SMILES string of the molecule is CCNC(CCCc1cccs1)c1cc(F)ccc1OC.